The summed E-state index contributed by atoms with van der Waals surface area (Å²) in [5.41, 5.74) is 4.87. The van der Waals surface area contributed by atoms with Gasteiger partial charge < -0.3 is 10.0 Å². The van der Waals surface area contributed by atoms with Gasteiger partial charge in [-0.2, -0.15) is 0 Å². The number of carbonyl (C=O) groups is 1. The van der Waals surface area contributed by atoms with E-state index in [1.807, 2.05) is 26.1 Å². The second kappa shape index (κ2) is 5.78. The van der Waals surface area contributed by atoms with Crippen LogP contribution in [-0.2, 0) is 6.54 Å². The quantitative estimate of drug-likeness (QED) is 0.921. The van der Waals surface area contributed by atoms with Crippen LogP contribution in [0.2, 0.25) is 0 Å². The molecule has 3 heteroatoms. The fourth-order valence-corrected chi connectivity index (χ4v) is 2.22. The Morgan fingerprint density at radius 3 is 2.50 bits per heavy atom. The van der Waals surface area contributed by atoms with Gasteiger partial charge in [-0.15, -0.1) is 0 Å². The van der Waals surface area contributed by atoms with Crippen LogP contribution >= 0.6 is 0 Å². The number of anilines is 1. The number of hydrogen-bond donors (Lipinski definition) is 1. The highest BCUT2D eigenvalue weighted by molar-refractivity contribution is 5.87. The number of nitrogens with zero attached hydrogens (tertiary/aromatic N) is 1. The van der Waals surface area contributed by atoms with E-state index in [-0.39, 0.29) is 0 Å². The Kier molecular flexibility index (Phi) is 4.08. The summed E-state index contributed by atoms with van der Waals surface area (Å²) < 4.78 is 0. The topological polar surface area (TPSA) is 40.5 Å². The molecule has 2 aromatic rings. The number of rotatable bonds is 4. The molecule has 0 heterocycles. The van der Waals surface area contributed by atoms with E-state index in [4.69, 9.17) is 5.11 Å². The van der Waals surface area contributed by atoms with Gasteiger partial charge in [0.2, 0.25) is 0 Å². The van der Waals surface area contributed by atoms with E-state index in [0.29, 0.717) is 5.56 Å². The van der Waals surface area contributed by atoms with Crippen molar-refractivity contribution in [3.05, 3.63) is 64.7 Å². The summed E-state index contributed by atoms with van der Waals surface area (Å²) in [7, 11) is 2.04. The molecule has 0 fully saturated rings. The molecule has 20 heavy (non-hydrogen) atoms. The number of hydrogen-bond acceptors (Lipinski definition) is 2. The van der Waals surface area contributed by atoms with Crippen LogP contribution in [0.1, 0.15) is 27.0 Å². The molecular weight excluding hydrogens is 250 g/mol. The molecule has 0 bridgehead atoms. The van der Waals surface area contributed by atoms with Gasteiger partial charge in [0.05, 0.1) is 5.56 Å². The molecule has 0 spiro atoms. The number of benzene rings is 2. The normalized spacial score (nSPS) is 10.3. The largest absolute Gasteiger partial charge is 0.478 e. The van der Waals surface area contributed by atoms with Crippen molar-refractivity contribution in [2.75, 3.05) is 11.9 Å². The summed E-state index contributed by atoms with van der Waals surface area (Å²) in [5, 5.41) is 8.98. The maximum absolute atomic E-state index is 10.9. The summed E-state index contributed by atoms with van der Waals surface area (Å²) in [4.78, 5) is 13.1. The van der Waals surface area contributed by atoms with Crippen molar-refractivity contribution in [3.63, 3.8) is 0 Å². The Bertz CT molecular complexity index is 635. The zero-order valence-electron chi connectivity index (χ0n) is 12.1. The van der Waals surface area contributed by atoms with Crippen molar-refractivity contribution in [3.8, 4) is 0 Å². The first-order valence-electron chi connectivity index (χ1n) is 6.58. The minimum Gasteiger partial charge on any atom is -0.478 e. The third-order valence-electron chi connectivity index (χ3n) is 3.44. The molecule has 2 rings (SSSR count). The third kappa shape index (κ3) is 3.18. The van der Waals surface area contributed by atoms with Gasteiger partial charge in [-0.3, -0.25) is 0 Å². The van der Waals surface area contributed by atoms with Crippen LogP contribution in [0, 0.1) is 13.8 Å². The minimum atomic E-state index is -0.883. The number of carboxylic acid groups (broad SMARTS) is 1. The van der Waals surface area contributed by atoms with Crippen LogP contribution in [0.5, 0.6) is 0 Å². The van der Waals surface area contributed by atoms with Crippen molar-refractivity contribution in [2.24, 2.45) is 0 Å². The lowest BCUT2D eigenvalue weighted by molar-refractivity contribution is 0.0697. The highest BCUT2D eigenvalue weighted by atomic mass is 16.4. The molecule has 0 unspecified atom stereocenters. The summed E-state index contributed by atoms with van der Waals surface area (Å²) in [6.07, 6.45) is 0. The van der Waals surface area contributed by atoms with E-state index < -0.39 is 5.97 Å². The molecule has 0 aromatic heterocycles. The van der Waals surface area contributed by atoms with Crippen LogP contribution in [0.3, 0.4) is 0 Å². The molecule has 0 aliphatic rings. The standard InChI is InChI=1S/C17H19NO2/c1-12-5-4-6-16(9-12)18(3)11-15-8-7-14(17(19)20)10-13(15)2/h4-10H,11H2,1-3H3,(H,19,20). The van der Waals surface area contributed by atoms with Crippen molar-refractivity contribution in [2.45, 2.75) is 20.4 Å². The highest BCUT2D eigenvalue weighted by Crippen LogP contribution is 2.19. The molecule has 3 nitrogen and oxygen atoms in total. The van der Waals surface area contributed by atoms with Crippen molar-refractivity contribution in [1.29, 1.82) is 0 Å². The van der Waals surface area contributed by atoms with Crippen molar-refractivity contribution < 1.29 is 9.90 Å². The Hall–Kier alpha value is -2.29. The van der Waals surface area contributed by atoms with E-state index >= 15 is 0 Å². The summed E-state index contributed by atoms with van der Waals surface area (Å²) in [5.74, 6) is -0.883. The van der Waals surface area contributed by atoms with Crippen LogP contribution in [-0.4, -0.2) is 18.1 Å². The van der Waals surface area contributed by atoms with Gasteiger partial charge >= 0.3 is 5.97 Å². The van der Waals surface area contributed by atoms with Crippen molar-refractivity contribution in [1.82, 2.24) is 0 Å². The zero-order valence-corrected chi connectivity index (χ0v) is 12.1. The lowest BCUT2D eigenvalue weighted by Gasteiger charge is -2.21. The maximum Gasteiger partial charge on any atom is 0.335 e. The number of carboxylic acids is 1. The number of aromatic carboxylic acids is 1. The van der Waals surface area contributed by atoms with Gasteiger partial charge in [-0.25, -0.2) is 4.79 Å². The smallest absolute Gasteiger partial charge is 0.335 e. The van der Waals surface area contributed by atoms with E-state index in [9.17, 15) is 4.79 Å². The van der Waals surface area contributed by atoms with Gasteiger partial charge in [0, 0.05) is 19.3 Å². The molecule has 0 atom stereocenters. The van der Waals surface area contributed by atoms with Crippen LogP contribution < -0.4 is 4.90 Å². The molecule has 0 aliphatic carbocycles. The fourth-order valence-electron chi connectivity index (χ4n) is 2.22. The van der Waals surface area contributed by atoms with Gasteiger partial charge in [-0.1, -0.05) is 18.2 Å². The molecule has 104 valence electrons. The molecule has 2 aromatic carbocycles. The average molecular weight is 269 g/mol. The van der Waals surface area contributed by atoms with E-state index in [2.05, 4.69) is 30.0 Å². The second-order valence-electron chi connectivity index (χ2n) is 5.14. The van der Waals surface area contributed by atoms with Gasteiger partial charge in [0.1, 0.15) is 0 Å². The SMILES string of the molecule is Cc1cccc(N(C)Cc2ccc(C(=O)O)cc2C)c1. The Labute approximate surface area is 119 Å². The fraction of sp³-hybridized carbons (Fsp3) is 0.235. The Balaban J connectivity index is 2.19. The third-order valence-corrected chi connectivity index (χ3v) is 3.44. The Morgan fingerprint density at radius 2 is 1.90 bits per heavy atom. The summed E-state index contributed by atoms with van der Waals surface area (Å²) in [6.45, 7) is 4.78. The van der Waals surface area contributed by atoms with E-state index in [1.165, 1.54) is 5.56 Å². The summed E-state index contributed by atoms with van der Waals surface area (Å²) in [6, 6.07) is 13.6. The minimum absolute atomic E-state index is 0.337. The van der Waals surface area contributed by atoms with Crippen LogP contribution in [0.15, 0.2) is 42.5 Å². The predicted octanol–water partition coefficient (Wildman–Crippen LogP) is 3.64. The lowest BCUT2D eigenvalue weighted by atomic mass is 10.0. The molecule has 0 saturated heterocycles. The Morgan fingerprint density at radius 1 is 1.15 bits per heavy atom. The van der Waals surface area contributed by atoms with Gasteiger partial charge in [0.25, 0.3) is 0 Å². The lowest BCUT2D eigenvalue weighted by Crippen LogP contribution is -2.17. The van der Waals surface area contributed by atoms with Crippen molar-refractivity contribution >= 4 is 11.7 Å². The molecule has 1 N–H and O–H groups in total. The van der Waals surface area contributed by atoms with Gasteiger partial charge in [0.15, 0.2) is 0 Å². The molecule has 0 saturated carbocycles. The highest BCUT2D eigenvalue weighted by Gasteiger charge is 2.08. The first kappa shape index (κ1) is 14.1. The first-order chi connectivity index (χ1) is 9.47. The second-order valence-corrected chi connectivity index (χ2v) is 5.14. The van der Waals surface area contributed by atoms with E-state index in [0.717, 1.165) is 23.4 Å². The number of aryl methyl sites for hydroxylation is 2. The average Bonchev–Trinajstić information content (AvgIpc) is 2.40. The van der Waals surface area contributed by atoms with Crippen LogP contribution in [0.25, 0.3) is 0 Å². The van der Waals surface area contributed by atoms with Gasteiger partial charge in [-0.05, 0) is 54.8 Å². The molecule has 0 amide bonds. The van der Waals surface area contributed by atoms with Crippen LogP contribution in [0.4, 0.5) is 5.69 Å². The molecule has 0 radical (unpaired) electrons. The monoisotopic (exact) mass is 269 g/mol. The maximum atomic E-state index is 10.9. The first-order valence-corrected chi connectivity index (χ1v) is 6.58. The molecule has 0 aliphatic heterocycles. The predicted molar refractivity (Wildman–Crippen MR) is 81.4 cm³/mol. The summed E-state index contributed by atoms with van der Waals surface area (Å²) >= 11 is 0. The zero-order chi connectivity index (χ0) is 14.7. The molecular formula is C17H19NO2. The van der Waals surface area contributed by atoms with E-state index in [1.54, 1.807) is 12.1 Å².